The van der Waals surface area contributed by atoms with Crippen molar-refractivity contribution in [2.24, 2.45) is 5.73 Å². The summed E-state index contributed by atoms with van der Waals surface area (Å²) in [4.78, 5) is 4.88. The molecule has 0 amide bonds. The Morgan fingerprint density at radius 1 is 1.32 bits per heavy atom. The van der Waals surface area contributed by atoms with Gasteiger partial charge in [-0.15, -0.1) is 0 Å². The van der Waals surface area contributed by atoms with Crippen LogP contribution in [0.4, 0.5) is 0 Å². The van der Waals surface area contributed by atoms with Crippen LogP contribution in [0, 0.1) is 0 Å². The predicted molar refractivity (Wildman–Crippen MR) is 76.2 cm³/mol. The number of fused-ring (bicyclic) bond motifs is 1. The molecule has 2 heterocycles. The number of rotatable bonds is 3. The maximum Gasteiger partial charge on any atom is 0.117 e. The van der Waals surface area contributed by atoms with Crippen molar-refractivity contribution in [3.05, 3.63) is 30.1 Å². The summed E-state index contributed by atoms with van der Waals surface area (Å²) in [6, 6.07) is 8.32. The minimum atomic E-state index is -0.0206. The summed E-state index contributed by atoms with van der Waals surface area (Å²) < 4.78 is 7.82. The number of aryl methyl sites for hydroxylation is 1. The highest BCUT2D eigenvalue weighted by molar-refractivity contribution is 5.76. The predicted octanol–water partition coefficient (Wildman–Crippen LogP) is 2.06. The lowest BCUT2D eigenvalue weighted by molar-refractivity contribution is 0.0489. The molecule has 1 aliphatic heterocycles. The first kappa shape index (κ1) is 12.6. The molecule has 1 aromatic carbocycles. The van der Waals surface area contributed by atoms with Crippen LogP contribution in [0.5, 0.6) is 0 Å². The molecule has 102 valence electrons. The zero-order chi connectivity index (χ0) is 13.3. The van der Waals surface area contributed by atoms with Crippen molar-refractivity contribution in [3.8, 4) is 0 Å². The topological polar surface area (TPSA) is 53.1 Å². The number of hydrogen-bond donors (Lipinski definition) is 1. The molecule has 4 nitrogen and oxygen atoms in total. The van der Waals surface area contributed by atoms with E-state index < -0.39 is 0 Å². The third kappa shape index (κ3) is 1.95. The van der Waals surface area contributed by atoms with Gasteiger partial charge in [0.1, 0.15) is 5.82 Å². The molecular formula is C15H21N3O. The average Bonchev–Trinajstić information content (AvgIpc) is 2.87. The van der Waals surface area contributed by atoms with Gasteiger partial charge in [-0.2, -0.15) is 0 Å². The number of nitrogens with two attached hydrogens (primary N) is 1. The van der Waals surface area contributed by atoms with Gasteiger partial charge >= 0.3 is 0 Å². The maximum atomic E-state index is 6.11. The number of para-hydroxylation sites is 2. The largest absolute Gasteiger partial charge is 0.381 e. The van der Waals surface area contributed by atoms with Gasteiger partial charge in [-0.05, 0) is 31.9 Å². The number of aromatic nitrogens is 2. The van der Waals surface area contributed by atoms with Crippen molar-refractivity contribution >= 4 is 11.0 Å². The van der Waals surface area contributed by atoms with Gasteiger partial charge in [-0.1, -0.05) is 12.1 Å². The van der Waals surface area contributed by atoms with Gasteiger partial charge in [0.2, 0.25) is 0 Å². The summed E-state index contributed by atoms with van der Waals surface area (Å²) in [5, 5.41) is 0. The molecule has 2 N–H and O–H groups in total. The molecule has 3 rings (SSSR count). The van der Waals surface area contributed by atoms with Crippen LogP contribution in [-0.4, -0.2) is 29.3 Å². The molecule has 1 fully saturated rings. The van der Waals surface area contributed by atoms with E-state index >= 15 is 0 Å². The third-order valence-corrected chi connectivity index (χ3v) is 4.29. The fraction of sp³-hybridized carbons (Fsp3) is 0.533. The second-order valence-corrected chi connectivity index (χ2v) is 5.27. The first-order valence-corrected chi connectivity index (χ1v) is 7.04. The summed E-state index contributed by atoms with van der Waals surface area (Å²) >= 11 is 0. The van der Waals surface area contributed by atoms with E-state index in [1.54, 1.807) is 0 Å². The van der Waals surface area contributed by atoms with Gasteiger partial charge in [0, 0.05) is 31.7 Å². The minimum absolute atomic E-state index is 0.0206. The summed E-state index contributed by atoms with van der Waals surface area (Å²) in [5.74, 6) is 1.14. The van der Waals surface area contributed by atoms with Crippen LogP contribution in [0.2, 0.25) is 0 Å². The zero-order valence-electron chi connectivity index (χ0n) is 11.4. The summed E-state index contributed by atoms with van der Waals surface area (Å²) in [7, 11) is 0. The number of nitrogens with zero attached hydrogens (tertiary/aromatic N) is 2. The molecule has 0 radical (unpaired) electrons. The molecule has 0 spiro atoms. The van der Waals surface area contributed by atoms with Crippen molar-refractivity contribution in [2.75, 3.05) is 19.8 Å². The summed E-state index contributed by atoms with van der Waals surface area (Å²) in [5.41, 5.74) is 8.36. The van der Waals surface area contributed by atoms with Crippen molar-refractivity contribution in [2.45, 2.75) is 31.7 Å². The fourth-order valence-electron chi connectivity index (χ4n) is 3.08. The molecule has 1 saturated heterocycles. The lowest BCUT2D eigenvalue weighted by atomic mass is 9.79. The molecule has 1 aromatic heterocycles. The lowest BCUT2D eigenvalue weighted by Gasteiger charge is -2.35. The van der Waals surface area contributed by atoms with Crippen LogP contribution in [0.1, 0.15) is 25.6 Å². The lowest BCUT2D eigenvalue weighted by Crippen LogP contribution is -2.42. The summed E-state index contributed by atoms with van der Waals surface area (Å²) in [6.07, 6.45) is 1.93. The molecule has 4 heteroatoms. The summed E-state index contributed by atoms with van der Waals surface area (Å²) in [6.45, 7) is 5.30. The van der Waals surface area contributed by atoms with E-state index in [4.69, 9.17) is 15.5 Å². The Balaban J connectivity index is 2.17. The Hall–Kier alpha value is -1.39. The van der Waals surface area contributed by atoms with E-state index in [0.717, 1.165) is 43.9 Å². The first-order valence-electron chi connectivity index (χ1n) is 7.04. The smallest absolute Gasteiger partial charge is 0.117 e. The Labute approximate surface area is 113 Å². The van der Waals surface area contributed by atoms with Crippen molar-refractivity contribution < 1.29 is 4.74 Å². The van der Waals surface area contributed by atoms with Crippen LogP contribution in [0.15, 0.2) is 24.3 Å². The number of benzene rings is 1. The number of hydrogen-bond acceptors (Lipinski definition) is 3. The Kier molecular flexibility index (Phi) is 3.29. The molecular weight excluding hydrogens is 238 g/mol. The Morgan fingerprint density at radius 3 is 2.74 bits per heavy atom. The first-order chi connectivity index (χ1) is 9.30. The minimum Gasteiger partial charge on any atom is -0.381 e. The van der Waals surface area contributed by atoms with Crippen LogP contribution >= 0.6 is 0 Å². The molecule has 0 aliphatic carbocycles. The molecule has 0 bridgehead atoms. The molecule has 0 unspecified atom stereocenters. The second-order valence-electron chi connectivity index (χ2n) is 5.27. The van der Waals surface area contributed by atoms with Gasteiger partial charge < -0.3 is 15.0 Å². The Bertz CT molecular complexity index is 570. The van der Waals surface area contributed by atoms with E-state index in [9.17, 15) is 0 Å². The number of ether oxygens (including phenoxy) is 1. The highest BCUT2D eigenvalue weighted by Gasteiger charge is 2.37. The van der Waals surface area contributed by atoms with Crippen molar-refractivity contribution in [1.82, 2.24) is 9.55 Å². The molecule has 0 atom stereocenters. The average molecular weight is 259 g/mol. The number of imidazole rings is 1. The standard InChI is InChI=1S/C15H21N3O/c1-2-18-13-6-4-3-5-12(13)17-14(18)15(11-16)7-9-19-10-8-15/h3-6H,2,7-11,16H2,1H3. The van der Waals surface area contributed by atoms with Crippen LogP contribution in [0.25, 0.3) is 11.0 Å². The zero-order valence-corrected chi connectivity index (χ0v) is 11.4. The normalized spacial score (nSPS) is 18.8. The van der Waals surface area contributed by atoms with Gasteiger partial charge in [0.15, 0.2) is 0 Å². The molecule has 2 aromatic rings. The van der Waals surface area contributed by atoms with Crippen LogP contribution in [0.3, 0.4) is 0 Å². The fourth-order valence-corrected chi connectivity index (χ4v) is 3.08. The third-order valence-electron chi connectivity index (χ3n) is 4.29. The second kappa shape index (κ2) is 4.94. The molecule has 0 saturated carbocycles. The van der Waals surface area contributed by atoms with E-state index in [2.05, 4.69) is 29.7 Å². The monoisotopic (exact) mass is 259 g/mol. The highest BCUT2D eigenvalue weighted by Crippen LogP contribution is 2.35. The highest BCUT2D eigenvalue weighted by atomic mass is 16.5. The quantitative estimate of drug-likeness (QED) is 0.918. The van der Waals surface area contributed by atoms with E-state index in [0.29, 0.717) is 6.54 Å². The SMILES string of the molecule is CCn1c(C2(CN)CCOCC2)nc2ccccc21. The van der Waals surface area contributed by atoms with Gasteiger partial charge in [-0.3, -0.25) is 0 Å². The van der Waals surface area contributed by atoms with Gasteiger partial charge in [-0.25, -0.2) is 4.98 Å². The van der Waals surface area contributed by atoms with Crippen LogP contribution in [-0.2, 0) is 16.7 Å². The maximum absolute atomic E-state index is 6.11. The molecule has 19 heavy (non-hydrogen) atoms. The Morgan fingerprint density at radius 2 is 2.05 bits per heavy atom. The van der Waals surface area contributed by atoms with E-state index in [1.165, 1.54) is 5.52 Å². The van der Waals surface area contributed by atoms with Gasteiger partial charge in [0.05, 0.1) is 11.0 Å². The van der Waals surface area contributed by atoms with Gasteiger partial charge in [0.25, 0.3) is 0 Å². The van der Waals surface area contributed by atoms with E-state index in [-0.39, 0.29) is 5.41 Å². The molecule has 1 aliphatic rings. The van der Waals surface area contributed by atoms with E-state index in [1.807, 2.05) is 6.07 Å². The van der Waals surface area contributed by atoms with Crippen LogP contribution < -0.4 is 5.73 Å². The van der Waals surface area contributed by atoms with Crippen molar-refractivity contribution in [1.29, 1.82) is 0 Å². The van der Waals surface area contributed by atoms with Crippen molar-refractivity contribution in [3.63, 3.8) is 0 Å².